The van der Waals surface area contributed by atoms with E-state index in [0.717, 1.165) is 19.3 Å². The van der Waals surface area contributed by atoms with Crippen LogP contribution in [0.25, 0.3) is 0 Å². The van der Waals surface area contributed by atoms with Crippen LogP contribution in [-0.4, -0.2) is 41.6 Å². The minimum Gasteiger partial charge on any atom is -0.481 e. The van der Waals surface area contributed by atoms with Crippen molar-refractivity contribution in [1.29, 1.82) is 0 Å². The highest BCUT2D eigenvalue weighted by atomic mass is 16.4. The highest BCUT2D eigenvalue weighted by molar-refractivity contribution is 5.76. The van der Waals surface area contributed by atoms with Crippen LogP contribution < -0.4 is 5.32 Å². The number of aliphatic carboxylic acids is 1. The molecule has 0 radical (unpaired) electrons. The van der Waals surface area contributed by atoms with Crippen molar-refractivity contribution in [3.05, 3.63) is 35.9 Å². The molecule has 5 heteroatoms. The number of nitrogens with one attached hydrogen (secondary N) is 1. The lowest BCUT2D eigenvalue weighted by Crippen LogP contribution is -2.46. The summed E-state index contributed by atoms with van der Waals surface area (Å²) in [6, 6.07) is 10.0. The van der Waals surface area contributed by atoms with Gasteiger partial charge in [0.1, 0.15) is 0 Å². The molecule has 22 heavy (non-hydrogen) atoms. The van der Waals surface area contributed by atoms with Gasteiger partial charge in [0.05, 0.1) is 5.92 Å². The van der Waals surface area contributed by atoms with Crippen LogP contribution in [0.2, 0.25) is 0 Å². The van der Waals surface area contributed by atoms with Crippen LogP contribution in [0.4, 0.5) is 4.79 Å². The maximum absolute atomic E-state index is 12.3. The van der Waals surface area contributed by atoms with E-state index in [9.17, 15) is 9.59 Å². The number of hydrogen-bond donors (Lipinski definition) is 2. The van der Waals surface area contributed by atoms with Crippen molar-refractivity contribution in [3.8, 4) is 0 Å². The summed E-state index contributed by atoms with van der Waals surface area (Å²) in [5.41, 5.74) is 1.21. The summed E-state index contributed by atoms with van der Waals surface area (Å²) in [7, 11) is 1.64. The number of carboxylic acid groups (broad SMARTS) is 1. The summed E-state index contributed by atoms with van der Waals surface area (Å²) >= 11 is 0. The summed E-state index contributed by atoms with van der Waals surface area (Å²) in [6.07, 6.45) is 3.11. The van der Waals surface area contributed by atoms with E-state index in [-0.39, 0.29) is 18.6 Å². The number of carbonyl (C=O) groups excluding carboxylic acids is 1. The first-order valence-electron chi connectivity index (χ1n) is 7.75. The quantitative estimate of drug-likeness (QED) is 0.812. The van der Waals surface area contributed by atoms with E-state index < -0.39 is 11.9 Å². The fourth-order valence-corrected chi connectivity index (χ4v) is 2.54. The fourth-order valence-electron chi connectivity index (χ4n) is 2.54. The van der Waals surface area contributed by atoms with Crippen molar-refractivity contribution >= 4 is 12.0 Å². The normalized spacial score (nSPS) is 16.6. The molecule has 0 aromatic heterocycles. The van der Waals surface area contributed by atoms with Gasteiger partial charge >= 0.3 is 12.0 Å². The van der Waals surface area contributed by atoms with E-state index in [1.807, 2.05) is 18.2 Å². The molecule has 0 saturated heterocycles. The molecule has 0 bridgehead atoms. The van der Waals surface area contributed by atoms with Gasteiger partial charge in [-0.1, -0.05) is 37.3 Å². The second-order valence-corrected chi connectivity index (χ2v) is 6.20. The number of rotatable bonds is 7. The lowest BCUT2D eigenvalue weighted by atomic mass is 10.0. The molecule has 1 aromatic rings. The van der Waals surface area contributed by atoms with Gasteiger partial charge < -0.3 is 15.3 Å². The van der Waals surface area contributed by atoms with Crippen LogP contribution in [0, 0.1) is 11.8 Å². The van der Waals surface area contributed by atoms with Gasteiger partial charge in [-0.05, 0) is 30.7 Å². The Labute approximate surface area is 131 Å². The average molecular weight is 304 g/mol. The van der Waals surface area contributed by atoms with Gasteiger partial charge in [-0.25, -0.2) is 4.79 Å². The Morgan fingerprint density at radius 3 is 2.50 bits per heavy atom. The number of hydrogen-bond acceptors (Lipinski definition) is 2. The second-order valence-electron chi connectivity index (χ2n) is 6.20. The zero-order valence-electron chi connectivity index (χ0n) is 13.2. The van der Waals surface area contributed by atoms with E-state index in [1.165, 1.54) is 10.5 Å². The molecule has 2 atom stereocenters. The molecular weight excluding hydrogens is 280 g/mol. The van der Waals surface area contributed by atoms with E-state index >= 15 is 0 Å². The number of amides is 2. The largest absolute Gasteiger partial charge is 0.481 e. The van der Waals surface area contributed by atoms with Crippen molar-refractivity contribution in [3.63, 3.8) is 0 Å². The molecule has 2 rings (SSSR count). The minimum absolute atomic E-state index is 0.123. The molecule has 5 nitrogen and oxygen atoms in total. The number of carbonyl (C=O) groups is 2. The van der Waals surface area contributed by atoms with Gasteiger partial charge in [0.15, 0.2) is 0 Å². The molecule has 120 valence electrons. The molecule has 0 spiro atoms. The molecule has 0 heterocycles. The van der Waals surface area contributed by atoms with Crippen molar-refractivity contribution in [2.75, 3.05) is 13.6 Å². The molecule has 0 aliphatic heterocycles. The molecule has 1 saturated carbocycles. The van der Waals surface area contributed by atoms with E-state index in [4.69, 9.17) is 5.11 Å². The lowest BCUT2D eigenvalue weighted by Gasteiger charge is -2.25. The van der Waals surface area contributed by atoms with Crippen LogP contribution in [0.3, 0.4) is 0 Å². The Balaban J connectivity index is 1.90. The van der Waals surface area contributed by atoms with Crippen LogP contribution >= 0.6 is 0 Å². The SMILES string of the molecule is CC(CN(C)C(=O)NC(Cc1ccccc1)C1CC1)C(=O)O. The first kappa shape index (κ1) is 16.3. The smallest absolute Gasteiger partial charge is 0.317 e. The van der Waals surface area contributed by atoms with Gasteiger partial charge in [-0.2, -0.15) is 0 Å². The van der Waals surface area contributed by atoms with E-state index in [1.54, 1.807) is 14.0 Å². The van der Waals surface area contributed by atoms with Crippen LogP contribution in [0.1, 0.15) is 25.3 Å². The highest BCUT2D eigenvalue weighted by Gasteiger charge is 2.33. The molecular formula is C17H24N2O3. The maximum atomic E-state index is 12.3. The highest BCUT2D eigenvalue weighted by Crippen LogP contribution is 2.34. The molecule has 2 N–H and O–H groups in total. The van der Waals surface area contributed by atoms with Crippen LogP contribution in [0.5, 0.6) is 0 Å². The first-order valence-corrected chi connectivity index (χ1v) is 7.75. The standard InChI is InChI=1S/C17H24N2O3/c1-12(16(20)21)11-19(2)17(22)18-15(14-8-9-14)10-13-6-4-3-5-7-13/h3-7,12,14-15H,8-11H2,1-2H3,(H,18,22)(H,20,21). The first-order chi connectivity index (χ1) is 10.5. The zero-order chi connectivity index (χ0) is 16.1. The number of carboxylic acids is 1. The monoisotopic (exact) mass is 304 g/mol. The van der Waals surface area contributed by atoms with Gasteiger partial charge in [0.25, 0.3) is 0 Å². The van der Waals surface area contributed by atoms with E-state index in [0.29, 0.717) is 5.92 Å². The van der Waals surface area contributed by atoms with Crippen molar-refractivity contribution in [2.24, 2.45) is 11.8 Å². The average Bonchev–Trinajstić information content (AvgIpc) is 3.32. The predicted molar refractivity (Wildman–Crippen MR) is 84.6 cm³/mol. The Hall–Kier alpha value is -2.04. The Bertz CT molecular complexity index is 514. The molecule has 1 fully saturated rings. The molecule has 1 aromatic carbocycles. The molecule has 2 amide bonds. The van der Waals surface area contributed by atoms with Gasteiger partial charge in [0, 0.05) is 19.6 Å². The summed E-state index contributed by atoms with van der Waals surface area (Å²) in [5.74, 6) is -0.915. The van der Waals surface area contributed by atoms with Gasteiger partial charge in [0.2, 0.25) is 0 Å². The second kappa shape index (κ2) is 7.29. The Kier molecular flexibility index (Phi) is 5.41. The fraction of sp³-hybridized carbons (Fsp3) is 0.529. The van der Waals surface area contributed by atoms with E-state index in [2.05, 4.69) is 17.4 Å². The number of nitrogens with zero attached hydrogens (tertiary/aromatic N) is 1. The predicted octanol–water partition coefficient (Wildman–Crippen LogP) is 2.37. The third-order valence-electron chi connectivity index (χ3n) is 4.11. The topological polar surface area (TPSA) is 69.6 Å². The van der Waals surface area contributed by atoms with Gasteiger partial charge in [-0.3, -0.25) is 4.79 Å². The van der Waals surface area contributed by atoms with Crippen LogP contribution in [-0.2, 0) is 11.2 Å². The third kappa shape index (κ3) is 4.76. The summed E-state index contributed by atoms with van der Waals surface area (Å²) in [6.45, 7) is 1.82. The van der Waals surface area contributed by atoms with Crippen molar-refractivity contribution in [2.45, 2.75) is 32.2 Å². The minimum atomic E-state index is -0.886. The maximum Gasteiger partial charge on any atom is 0.317 e. The number of urea groups is 1. The summed E-state index contributed by atoms with van der Waals surface area (Å²) in [5, 5.41) is 12.0. The zero-order valence-corrected chi connectivity index (χ0v) is 13.2. The lowest BCUT2D eigenvalue weighted by molar-refractivity contribution is -0.141. The molecule has 1 aliphatic carbocycles. The molecule has 1 aliphatic rings. The third-order valence-corrected chi connectivity index (χ3v) is 4.11. The van der Waals surface area contributed by atoms with Crippen molar-refractivity contribution < 1.29 is 14.7 Å². The van der Waals surface area contributed by atoms with Crippen LogP contribution in [0.15, 0.2) is 30.3 Å². The summed E-state index contributed by atoms with van der Waals surface area (Å²) < 4.78 is 0. The number of benzene rings is 1. The Morgan fingerprint density at radius 1 is 1.32 bits per heavy atom. The van der Waals surface area contributed by atoms with Crippen molar-refractivity contribution in [1.82, 2.24) is 10.2 Å². The molecule has 2 unspecified atom stereocenters. The summed E-state index contributed by atoms with van der Waals surface area (Å²) in [4.78, 5) is 24.6. The van der Waals surface area contributed by atoms with Gasteiger partial charge in [-0.15, -0.1) is 0 Å². The Morgan fingerprint density at radius 2 is 1.95 bits per heavy atom.